The molecule has 1 rings (SSSR count). The van der Waals surface area contributed by atoms with Crippen molar-refractivity contribution in [3.05, 3.63) is 36.4 Å². The number of benzene rings is 1. The lowest BCUT2D eigenvalue weighted by molar-refractivity contribution is -0.0500. The first-order valence-corrected chi connectivity index (χ1v) is 8.24. The number of nitrogens with two attached hydrogens (primary N) is 1. The van der Waals surface area contributed by atoms with Gasteiger partial charge in [-0.2, -0.15) is 21.6 Å². The third-order valence-electron chi connectivity index (χ3n) is 2.13. The monoisotopic (exact) mass is 345 g/mol. The van der Waals surface area contributed by atoms with E-state index in [0.717, 1.165) is 24.3 Å². The molecule has 21 heavy (non-hydrogen) atoms. The summed E-state index contributed by atoms with van der Waals surface area (Å²) in [6.45, 7) is 3.46. The van der Waals surface area contributed by atoms with Gasteiger partial charge >= 0.3 is 15.6 Å². The molecular weight excluding hydrogens is 335 g/mol. The van der Waals surface area contributed by atoms with Crippen LogP contribution in [0.5, 0.6) is 5.75 Å². The fraction of sp³-hybridized carbons (Fsp3) is 0.200. The molecule has 118 valence electrons. The third-order valence-corrected chi connectivity index (χ3v) is 3.86. The molecule has 0 aliphatic heterocycles. The SMILES string of the molecule is C=C(CS(N)(=O)=O)c1ccc(OS(=O)(=O)C(F)(F)F)cc1. The molecule has 0 bridgehead atoms. The topological polar surface area (TPSA) is 104 Å². The van der Waals surface area contributed by atoms with Gasteiger partial charge in [0, 0.05) is 0 Å². The van der Waals surface area contributed by atoms with Gasteiger partial charge in [-0.15, -0.1) is 0 Å². The van der Waals surface area contributed by atoms with E-state index in [9.17, 15) is 30.0 Å². The van der Waals surface area contributed by atoms with E-state index in [-0.39, 0.29) is 11.1 Å². The second-order valence-corrected chi connectivity index (χ2v) is 7.07. The molecule has 11 heteroatoms. The van der Waals surface area contributed by atoms with Gasteiger partial charge in [-0.3, -0.25) is 0 Å². The molecule has 0 aliphatic rings. The second-order valence-electron chi connectivity index (χ2n) is 3.92. The molecule has 1 aromatic rings. The summed E-state index contributed by atoms with van der Waals surface area (Å²) in [4.78, 5) is 0. The summed E-state index contributed by atoms with van der Waals surface area (Å²) in [6, 6.07) is 4.20. The molecule has 6 nitrogen and oxygen atoms in total. The van der Waals surface area contributed by atoms with E-state index < -0.39 is 37.2 Å². The molecule has 0 unspecified atom stereocenters. The normalized spacial score (nSPS) is 13.0. The number of alkyl halides is 3. The van der Waals surface area contributed by atoms with Gasteiger partial charge in [-0.1, -0.05) is 18.7 Å². The highest BCUT2D eigenvalue weighted by molar-refractivity contribution is 7.89. The Kier molecular flexibility index (Phi) is 4.70. The first kappa shape index (κ1) is 17.5. The summed E-state index contributed by atoms with van der Waals surface area (Å²) in [7, 11) is -9.56. The van der Waals surface area contributed by atoms with Crippen LogP contribution in [-0.4, -0.2) is 28.1 Å². The Labute approximate surface area is 119 Å². The van der Waals surface area contributed by atoms with Crippen LogP contribution in [0.1, 0.15) is 5.56 Å². The fourth-order valence-electron chi connectivity index (χ4n) is 1.25. The van der Waals surface area contributed by atoms with E-state index in [1.807, 2.05) is 0 Å². The van der Waals surface area contributed by atoms with Crippen LogP contribution in [0.3, 0.4) is 0 Å². The third kappa shape index (κ3) is 5.02. The second kappa shape index (κ2) is 5.66. The maximum absolute atomic E-state index is 12.1. The van der Waals surface area contributed by atoms with E-state index in [1.54, 1.807) is 0 Å². The zero-order chi connectivity index (χ0) is 16.5. The lowest BCUT2D eigenvalue weighted by Gasteiger charge is -2.10. The minimum atomic E-state index is -5.75. The van der Waals surface area contributed by atoms with Gasteiger partial charge in [0.1, 0.15) is 5.75 Å². The molecule has 1 aromatic carbocycles. The smallest absolute Gasteiger partial charge is 0.376 e. The van der Waals surface area contributed by atoms with Gasteiger partial charge in [0.25, 0.3) is 0 Å². The van der Waals surface area contributed by atoms with Crippen LogP contribution in [0, 0.1) is 0 Å². The van der Waals surface area contributed by atoms with Crippen molar-refractivity contribution >= 4 is 25.7 Å². The predicted octanol–water partition coefficient (Wildman–Crippen LogP) is 1.22. The molecule has 0 heterocycles. The largest absolute Gasteiger partial charge is 0.534 e. The summed E-state index contributed by atoms with van der Waals surface area (Å²) in [5.41, 5.74) is -5.17. The number of rotatable bonds is 5. The Hall–Kier alpha value is -1.59. The average molecular weight is 345 g/mol. The molecule has 0 aromatic heterocycles. The van der Waals surface area contributed by atoms with E-state index in [1.165, 1.54) is 0 Å². The lowest BCUT2D eigenvalue weighted by atomic mass is 10.1. The van der Waals surface area contributed by atoms with Gasteiger partial charge < -0.3 is 4.18 Å². The van der Waals surface area contributed by atoms with Gasteiger partial charge in [0.05, 0.1) is 5.75 Å². The van der Waals surface area contributed by atoms with Crippen LogP contribution in [0.2, 0.25) is 0 Å². The van der Waals surface area contributed by atoms with E-state index in [4.69, 9.17) is 5.14 Å². The highest BCUT2D eigenvalue weighted by Crippen LogP contribution is 2.27. The fourth-order valence-corrected chi connectivity index (χ4v) is 2.36. The number of hydrogen-bond donors (Lipinski definition) is 1. The van der Waals surface area contributed by atoms with Crippen molar-refractivity contribution < 1.29 is 34.2 Å². The minimum Gasteiger partial charge on any atom is -0.376 e. The molecular formula is C10H10F3NO5S2. The van der Waals surface area contributed by atoms with Crippen molar-refractivity contribution in [1.82, 2.24) is 0 Å². The quantitative estimate of drug-likeness (QED) is 0.638. The number of hydrogen-bond acceptors (Lipinski definition) is 5. The highest BCUT2D eigenvalue weighted by atomic mass is 32.2. The summed E-state index contributed by atoms with van der Waals surface area (Å²) in [5.74, 6) is -1.12. The standard InChI is InChI=1S/C10H10F3NO5S2/c1-7(6-20(14,15)16)8-2-4-9(5-3-8)19-21(17,18)10(11,12)13/h2-5H,1,6H2,(H2,14,15,16). The highest BCUT2D eigenvalue weighted by Gasteiger charge is 2.48. The Morgan fingerprint density at radius 1 is 1.14 bits per heavy atom. The molecule has 0 aliphatic carbocycles. The van der Waals surface area contributed by atoms with Crippen molar-refractivity contribution in [3.8, 4) is 5.75 Å². The number of sulfonamides is 1. The van der Waals surface area contributed by atoms with Gasteiger partial charge in [-0.05, 0) is 23.3 Å². The minimum absolute atomic E-state index is 0.0997. The predicted molar refractivity (Wildman–Crippen MR) is 69.1 cm³/mol. The van der Waals surface area contributed by atoms with E-state index in [2.05, 4.69) is 10.8 Å². The molecule has 0 atom stereocenters. The summed E-state index contributed by atoms with van der Waals surface area (Å²) in [6.07, 6.45) is 0. The Balaban J connectivity index is 2.92. The van der Waals surface area contributed by atoms with Gasteiger partial charge in [-0.25, -0.2) is 13.6 Å². The zero-order valence-electron chi connectivity index (χ0n) is 10.3. The van der Waals surface area contributed by atoms with Crippen molar-refractivity contribution in [1.29, 1.82) is 0 Å². The molecule has 0 fully saturated rings. The maximum Gasteiger partial charge on any atom is 0.534 e. The van der Waals surface area contributed by atoms with Crippen molar-refractivity contribution in [2.45, 2.75) is 5.51 Å². The molecule has 2 N–H and O–H groups in total. The van der Waals surface area contributed by atoms with E-state index in [0.29, 0.717) is 0 Å². The molecule has 0 saturated heterocycles. The maximum atomic E-state index is 12.1. The molecule has 0 amide bonds. The van der Waals surface area contributed by atoms with Crippen molar-refractivity contribution in [2.24, 2.45) is 5.14 Å². The first-order chi connectivity index (χ1) is 9.32. The lowest BCUT2D eigenvalue weighted by Crippen LogP contribution is -2.28. The van der Waals surface area contributed by atoms with Crippen molar-refractivity contribution in [3.63, 3.8) is 0 Å². The Morgan fingerprint density at radius 3 is 2.00 bits per heavy atom. The molecule has 0 saturated carbocycles. The Bertz CT molecular complexity index is 736. The van der Waals surface area contributed by atoms with Gasteiger partial charge in [0.2, 0.25) is 10.0 Å². The van der Waals surface area contributed by atoms with Crippen LogP contribution >= 0.6 is 0 Å². The summed E-state index contributed by atoms with van der Waals surface area (Å²) < 4.78 is 83.5. The van der Waals surface area contributed by atoms with Crippen LogP contribution in [-0.2, 0) is 20.1 Å². The molecule has 0 spiro atoms. The zero-order valence-corrected chi connectivity index (χ0v) is 11.9. The Morgan fingerprint density at radius 2 is 1.62 bits per heavy atom. The van der Waals surface area contributed by atoms with Crippen LogP contribution < -0.4 is 9.32 Å². The van der Waals surface area contributed by atoms with Crippen LogP contribution in [0.25, 0.3) is 5.57 Å². The number of primary sulfonamides is 1. The van der Waals surface area contributed by atoms with Crippen LogP contribution in [0.4, 0.5) is 13.2 Å². The molecule has 0 radical (unpaired) electrons. The number of halogens is 3. The summed E-state index contributed by atoms with van der Waals surface area (Å²) in [5, 5.41) is 4.82. The van der Waals surface area contributed by atoms with Gasteiger partial charge in [0.15, 0.2) is 0 Å². The average Bonchev–Trinajstić information content (AvgIpc) is 2.25. The first-order valence-electron chi connectivity index (χ1n) is 5.11. The van der Waals surface area contributed by atoms with E-state index >= 15 is 0 Å². The van der Waals surface area contributed by atoms with Crippen molar-refractivity contribution in [2.75, 3.05) is 5.75 Å². The summed E-state index contributed by atoms with van der Waals surface area (Å²) >= 11 is 0. The van der Waals surface area contributed by atoms with Crippen LogP contribution in [0.15, 0.2) is 30.8 Å².